The van der Waals surface area contributed by atoms with Gasteiger partial charge in [0, 0.05) is 24.6 Å². The molecule has 0 radical (unpaired) electrons. The molecule has 0 bridgehead atoms. The fraction of sp³-hybridized carbons (Fsp3) is 0.571. The van der Waals surface area contributed by atoms with Crippen LogP contribution in [0.2, 0.25) is 0 Å². The highest BCUT2D eigenvalue weighted by atomic mass is 16.5. The highest BCUT2D eigenvalue weighted by molar-refractivity contribution is 5.94. The molecule has 1 aromatic heterocycles. The van der Waals surface area contributed by atoms with E-state index in [1.165, 1.54) is 24.8 Å². The molecule has 4 rings (SSSR count). The summed E-state index contributed by atoms with van der Waals surface area (Å²) in [5, 5.41) is 7.53. The van der Waals surface area contributed by atoms with Crippen molar-refractivity contribution in [2.45, 2.75) is 57.4 Å². The number of hydrogen-bond acceptors (Lipinski definition) is 5. The normalized spacial score (nSPS) is 20.3. The van der Waals surface area contributed by atoms with Gasteiger partial charge in [-0.05, 0) is 62.8 Å². The highest BCUT2D eigenvalue weighted by Crippen LogP contribution is 2.35. The van der Waals surface area contributed by atoms with Crippen molar-refractivity contribution in [3.63, 3.8) is 0 Å². The van der Waals surface area contributed by atoms with E-state index in [4.69, 9.17) is 4.52 Å². The van der Waals surface area contributed by atoms with Crippen LogP contribution in [0.25, 0.3) is 0 Å². The molecule has 1 saturated carbocycles. The summed E-state index contributed by atoms with van der Waals surface area (Å²) in [7, 11) is 0. The van der Waals surface area contributed by atoms with E-state index in [1.807, 2.05) is 19.1 Å². The third-order valence-electron chi connectivity index (χ3n) is 5.84. The molecule has 2 heterocycles. The molecule has 6 heteroatoms. The fourth-order valence-corrected chi connectivity index (χ4v) is 3.90. The van der Waals surface area contributed by atoms with Gasteiger partial charge in [-0.25, -0.2) is 0 Å². The van der Waals surface area contributed by atoms with Crippen molar-refractivity contribution in [1.82, 2.24) is 20.4 Å². The number of rotatable bonds is 6. The number of nitrogens with one attached hydrogen (secondary N) is 1. The minimum absolute atomic E-state index is 0.0260. The van der Waals surface area contributed by atoms with E-state index < -0.39 is 0 Å². The third kappa shape index (κ3) is 4.05. The first kappa shape index (κ1) is 18.2. The molecule has 1 N–H and O–H groups in total. The van der Waals surface area contributed by atoms with Crippen LogP contribution in [0.4, 0.5) is 0 Å². The first-order valence-corrected chi connectivity index (χ1v) is 10.2. The Balaban J connectivity index is 1.45. The molecular formula is C21H28N4O2. The Morgan fingerprint density at radius 2 is 2.11 bits per heavy atom. The monoisotopic (exact) mass is 368 g/mol. The molecule has 1 saturated heterocycles. The Morgan fingerprint density at radius 1 is 1.26 bits per heavy atom. The predicted molar refractivity (Wildman–Crippen MR) is 103 cm³/mol. The first-order chi connectivity index (χ1) is 13.2. The smallest absolute Gasteiger partial charge is 0.254 e. The number of carbonyl (C=O) groups is 1. The second-order valence-electron chi connectivity index (χ2n) is 7.66. The van der Waals surface area contributed by atoms with Gasteiger partial charge in [0.2, 0.25) is 5.89 Å². The van der Waals surface area contributed by atoms with Crippen molar-refractivity contribution in [2.75, 3.05) is 19.6 Å². The van der Waals surface area contributed by atoms with E-state index in [0.717, 1.165) is 37.4 Å². The van der Waals surface area contributed by atoms with Gasteiger partial charge < -0.3 is 14.7 Å². The fourth-order valence-electron chi connectivity index (χ4n) is 3.90. The zero-order valence-electron chi connectivity index (χ0n) is 16.0. The maximum absolute atomic E-state index is 13.0. The van der Waals surface area contributed by atoms with Crippen molar-refractivity contribution < 1.29 is 9.32 Å². The lowest BCUT2D eigenvalue weighted by molar-refractivity contribution is 0.0747. The quantitative estimate of drug-likeness (QED) is 0.845. The molecule has 0 spiro atoms. The second-order valence-corrected chi connectivity index (χ2v) is 7.66. The summed E-state index contributed by atoms with van der Waals surface area (Å²) >= 11 is 0. The lowest BCUT2D eigenvalue weighted by Crippen LogP contribution is -2.31. The maximum atomic E-state index is 13.0. The van der Waals surface area contributed by atoms with Crippen LogP contribution < -0.4 is 5.32 Å². The Morgan fingerprint density at radius 3 is 2.81 bits per heavy atom. The van der Waals surface area contributed by atoms with Crippen molar-refractivity contribution in [2.24, 2.45) is 0 Å². The Labute approximate surface area is 160 Å². The van der Waals surface area contributed by atoms with Crippen molar-refractivity contribution in [3.05, 3.63) is 47.1 Å². The Kier molecular flexibility index (Phi) is 5.53. The van der Waals surface area contributed by atoms with Crippen LogP contribution in [-0.2, 0) is 6.54 Å². The van der Waals surface area contributed by atoms with Crippen LogP contribution in [0.5, 0.6) is 0 Å². The van der Waals surface area contributed by atoms with E-state index >= 15 is 0 Å². The third-order valence-corrected chi connectivity index (χ3v) is 5.84. The lowest BCUT2D eigenvalue weighted by Gasteiger charge is -2.24. The summed E-state index contributed by atoms with van der Waals surface area (Å²) in [5.74, 6) is 2.26. The summed E-state index contributed by atoms with van der Waals surface area (Å²) in [6.07, 6.45) is 5.84. The maximum Gasteiger partial charge on any atom is 0.254 e. The van der Waals surface area contributed by atoms with Crippen molar-refractivity contribution in [3.8, 4) is 0 Å². The summed E-state index contributed by atoms with van der Waals surface area (Å²) in [6.45, 7) is 5.07. The number of benzene rings is 1. The summed E-state index contributed by atoms with van der Waals surface area (Å²) in [6, 6.07) is 8.09. The first-order valence-electron chi connectivity index (χ1n) is 10.2. The molecule has 27 heavy (non-hydrogen) atoms. The topological polar surface area (TPSA) is 71.3 Å². The number of carbonyl (C=O) groups excluding carboxylic acids is 1. The van der Waals surface area contributed by atoms with Gasteiger partial charge in [-0.2, -0.15) is 4.98 Å². The van der Waals surface area contributed by atoms with E-state index in [9.17, 15) is 4.79 Å². The van der Waals surface area contributed by atoms with Crippen LogP contribution in [0, 0.1) is 0 Å². The molecule has 1 amide bonds. The predicted octanol–water partition coefficient (Wildman–Crippen LogP) is 3.47. The number of piperidine rings is 1. The molecular weight excluding hydrogens is 340 g/mol. The zero-order chi connectivity index (χ0) is 18.6. The molecule has 1 aliphatic heterocycles. The molecule has 2 aromatic rings. The SMILES string of the molecule is CCN(Cc1noc(C2CCC2)n1)C(=O)c1cccc([C@H]2CCCNC2)c1. The number of aromatic nitrogens is 2. The Bertz CT molecular complexity index is 778. The van der Waals surface area contributed by atoms with E-state index in [-0.39, 0.29) is 5.91 Å². The van der Waals surface area contributed by atoms with E-state index in [0.29, 0.717) is 30.7 Å². The zero-order valence-corrected chi connectivity index (χ0v) is 16.0. The largest absolute Gasteiger partial charge is 0.339 e. The van der Waals surface area contributed by atoms with Crippen molar-refractivity contribution in [1.29, 1.82) is 0 Å². The van der Waals surface area contributed by atoms with Crippen LogP contribution in [0.15, 0.2) is 28.8 Å². The average molecular weight is 368 g/mol. The van der Waals surface area contributed by atoms with Gasteiger partial charge in [0.25, 0.3) is 5.91 Å². The van der Waals surface area contributed by atoms with Gasteiger partial charge >= 0.3 is 0 Å². The van der Waals surface area contributed by atoms with E-state index in [2.05, 4.69) is 27.6 Å². The number of hydrogen-bond donors (Lipinski definition) is 1. The summed E-state index contributed by atoms with van der Waals surface area (Å²) in [5.41, 5.74) is 1.98. The van der Waals surface area contributed by atoms with E-state index in [1.54, 1.807) is 4.90 Å². The van der Waals surface area contributed by atoms with Gasteiger partial charge in [-0.3, -0.25) is 4.79 Å². The van der Waals surface area contributed by atoms with Crippen LogP contribution in [-0.4, -0.2) is 40.6 Å². The molecule has 2 aliphatic rings. The molecule has 144 valence electrons. The van der Waals surface area contributed by atoms with Crippen LogP contribution in [0.1, 0.15) is 78.5 Å². The number of nitrogens with zero attached hydrogens (tertiary/aromatic N) is 3. The van der Waals surface area contributed by atoms with Crippen LogP contribution >= 0.6 is 0 Å². The van der Waals surface area contributed by atoms with Gasteiger partial charge in [0.05, 0.1) is 6.54 Å². The minimum Gasteiger partial charge on any atom is -0.339 e. The van der Waals surface area contributed by atoms with Crippen LogP contribution in [0.3, 0.4) is 0 Å². The molecule has 6 nitrogen and oxygen atoms in total. The minimum atomic E-state index is 0.0260. The highest BCUT2D eigenvalue weighted by Gasteiger charge is 2.26. The van der Waals surface area contributed by atoms with Gasteiger partial charge in [-0.15, -0.1) is 0 Å². The molecule has 1 atom stereocenters. The number of amides is 1. The molecule has 2 fully saturated rings. The summed E-state index contributed by atoms with van der Waals surface area (Å²) in [4.78, 5) is 19.3. The summed E-state index contributed by atoms with van der Waals surface area (Å²) < 4.78 is 5.39. The Hall–Kier alpha value is -2.21. The molecule has 0 unspecified atom stereocenters. The molecule has 1 aliphatic carbocycles. The standard InChI is InChI=1S/C21H28N4O2/c1-2-25(14-19-23-20(27-24-19)15-6-3-7-15)21(26)17-9-4-8-16(12-17)18-10-5-11-22-13-18/h4,8-9,12,15,18,22H,2-3,5-7,10-11,13-14H2,1H3/t18-/m0/s1. The average Bonchev–Trinajstić information content (AvgIpc) is 3.13. The lowest BCUT2D eigenvalue weighted by atomic mass is 9.85. The second kappa shape index (κ2) is 8.21. The van der Waals surface area contributed by atoms with Gasteiger partial charge in [0.1, 0.15) is 0 Å². The van der Waals surface area contributed by atoms with Crippen molar-refractivity contribution >= 4 is 5.91 Å². The molecule has 1 aromatic carbocycles. The van der Waals surface area contributed by atoms with Gasteiger partial charge in [-0.1, -0.05) is 23.7 Å². The van der Waals surface area contributed by atoms with Gasteiger partial charge in [0.15, 0.2) is 5.82 Å².